The summed E-state index contributed by atoms with van der Waals surface area (Å²) in [5.74, 6) is 1.38. The normalized spacial score (nSPS) is 11.7. The van der Waals surface area contributed by atoms with Gasteiger partial charge < -0.3 is 5.73 Å². The van der Waals surface area contributed by atoms with Gasteiger partial charge in [0.1, 0.15) is 11.6 Å². The molecule has 0 aliphatic rings. The lowest BCUT2D eigenvalue weighted by atomic mass is 9.96. The van der Waals surface area contributed by atoms with Crippen LogP contribution in [-0.2, 0) is 5.41 Å². The Morgan fingerprint density at radius 2 is 1.92 bits per heavy atom. The third-order valence-electron chi connectivity index (χ3n) is 1.68. The van der Waals surface area contributed by atoms with Crippen molar-refractivity contribution < 1.29 is 0 Å². The van der Waals surface area contributed by atoms with Crippen LogP contribution in [0.5, 0.6) is 0 Å². The Morgan fingerprint density at radius 3 is 2.33 bits per heavy atom. The molecule has 1 heterocycles. The van der Waals surface area contributed by atoms with Crippen LogP contribution in [0.15, 0.2) is 6.20 Å². The number of hydrogen-bond donors (Lipinski definition) is 1. The number of nitrogen functional groups attached to an aromatic ring is 1. The van der Waals surface area contributed by atoms with Gasteiger partial charge in [-0.2, -0.15) is 0 Å². The monoisotopic (exact) mass is 165 g/mol. The maximum atomic E-state index is 5.67. The first-order chi connectivity index (χ1) is 5.41. The lowest BCUT2D eigenvalue weighted by molar-refractivity contribution is 0.545. The van der Waals surface area contributed by atoms with E-state index in [1.54, 1.807) is 6.20 Å². The molecule has 12 heavy (non-hydrogen) atoms. The van der Waals surface area contributed by atoms with E-state index in [4.69, 9.17) is 5.73 Å². The summed E-state index contributed by atoms with van der Waals surface area (Å²) in [7, 11) is 0. The van der Waals surface area contributed by atoms with Crippen LogP contribution in [0.4, 0.5) is 5.82 Å². The van der Waals surface area contributed by atoms with Crippen molar-refractivity contribution in [2.24, 2.45) is 0 Å². The van der Waals surface area contributed by atoms with E-state index < -0.39 is 0 Å². The highest BCUT2D eigenvalue weighted by Gasteiger charge is 2.17. The Labute approximate surface area is 73.0 Å². The number of nitrogens with zero attached hydrogens (tertiary/aromatic N) is 2. The van der Waals surface area contributed by atoms with Gasteiger partial charge in [0.2, 0.25) is 0 Å². The fraction of sp³-hybridized carbons (Fsp3) is 0.556. The van der Waals surface area contributed by atoms with Gasteiger partial charge in [-0.3, -0.25) is 0 Å². The minimum Gasteiger partial charge on any atom is -0.383 e. The number of anilines is 1. The number of aromatic nitrogens is 2. The average molecular weight is 165 g/mol. The van der Waals surface area contributed by atoms with Crippen LogP contribution in [0.25, 0.3) is 0 Å². The van der Waals surface area contributed by atoms with E-state index in [0.717, 1.165) is 11.4 Å². The van der Waals surface area contributed by atoms with Crippen LogP contribution in [0, 0.1) is 6.92 Å². The second-order valence-corrected chi connectivity index (χ2v) is 4.01. The molecule has 3 nitrogen and oxygen atoms in total. The first kappa shape index (κ1) is 8.97. The molecule has 2 N–H and O–H groups in total. The Balaban J connectivity index is 3.14. The lowest BCUT2D eigenvalue weighted by Crippen LogP contribution is -2.17. The molecule has 1 aromatic heterocycles. The minimum atomic E-state index is -0.0260. The van der Waals surface area contributed by atoms with Crippen LogP contribution in [0.1, 0.15) is 32.2 Å². The molecule has 0 aliphatic carbocycles. The number of nitrogens with two attached hydrogens (primary N) is 1. The quantitative estimate of drug-likeness (QED) is 0.636. The summed E-state index contributed by atoms with van der Waals surface area (Å²) in [6, 6.07) is 0. The standard InChI is InChI=1S/C9H15N3/c1-6-5-11-8(9(2,3)4)12-7(6)10/h5H,1-4H3,(H2,10,11,12). The highest BCUT2D eigenvalue weighted by molar-refractivity contribution is 5.36. The number of hydrogen-bond acceptors (Lipinski definition) is 3. The lowest BCUT2D eigenvalue weighted by Gasteiger charge is -2.16. The second-order valence-electron chi connectivity index (χ2n) is 4.01. The number of aryl methyl sites for hydroxylation is 1. The summed E-state index contributed by atoms with van der Waals surface area (Å²) in [5.41, 5.74) is 6.57. The molecule has 0 unspecified atom stereocenters. The predicted octanol–water partition coefficient (Wildman–Crippen LogP) is 1.66. The third-order valence-corrected chi connectivity index (χ3v) is 1.68. The van der Waals surface area contributed by atoms with Crippen molar-refractivity contribution in [2.45, 2.75) is 33.1 Å². The molecular weight excluding hydrogens is 150 g/mol. The van der Waals surface area contributed by atoms with Gasteiger partial charge in [-0.15, -0.1) is 0 Å². The number of rotatable bonds is 0. The fourth-order valence-corrected chi connectivity index (χ4v) is 0.817. The van der Waals surface area contributed by atoms with Crippen molar-refractivity contribution in [3.05, 3.63) is 17.6 Å². The zero-order valence-electron chi connectivity index (χ0n) is 8.05. The molecule has 0 saturated carbocycles. The molecule has 0 aromatic carbocycles. The van der Waals surface area contributed by atoms with E-state index in [-0.39, 0.29) is 5.41 Å². The average Bonchev–Trinajstić information content (AvgIpc) is 1.92. The predicted molar refractivity (Wildman–Crippen MR) is 49.9 cm³/mol. The summed E-state index contributed by atoms with van der Waals surface area (Å²) < 4.78 is 0. The molecule has 0 saturated heterocycles. The van der Waals surface area contributed by atoms with Crippen molar-refractivity contribution in [3.63, 3.8) is 0 Å². The topological polar surface area (TPSA) is 51.8 Å². The molecule has 0 atom stereocenters. The summed E-state index contributed by atoms with van der Waals surface area (Å²) in [4.78, 5) is 8.43. The molecule has 1 rings (SSSR count). The van der Waals surface area contributed by atoms with Crippen LogP contribution in [0.3, 0.4) is 0 Å². The van der Waals surface area contributed by atoms with Crippen LogP contribution >= 0.6 is 0 Å². The smallest absolute Gasteiger partial charge is 0.135 e. The molecule has 3 heteroatoms. The second kappa shape index (κ2) is 2.73. The van der Waals surface area contributed by atoms with E-state index in [2.05, 4.69) is 30.7 Å². The minimum absolute atomic E-state index is 0.0260. The highest BCUT2D eigenvalue weighted by Crippen LogP contribution is 2.19. The van der Waals surface area contributed by atoms with Crippen molar-refractivity contribution in [2.75, 3.05) is 5.73 Å². The SMILES string of the molecule is Cc1cnc(C(C)(C)C)nc1N. The van der Waals surface area contributed by atoms with E-state index in [9.17, 15) is 0 Å². The van der Waals surface area contributed by atoms with Gasteiger partial charge in [0.25, 0.3) is 0 Å². The molecule has 0 radical (unpaired) electrons. The molecule has 0 aliphatic heterocycles. The largest absolute Gasteiger partial charge is 0.383 e. The van der Waals surface area contributed by atoms with Gasteiger partial charge in [-0.05, 0) is 6.92 Å². The zero-order valence-corrected chi connectivity index (χ0v) is 8.05. The van der Waals surface area contributed by atoms with E-state index >= 15 is 0 Å². The Hall–Kier alpha value is -1.12. The molecule has 0 spiro atoms. The molecule has 0 fully saturated rings. The van der Waals surface area contributed by atoms with E-state index in [1.807, 2.05) is 6.92 Å². The summed E-state index contributed by atoms with van der Waals surface area (Å²) in [5, 5.41) is 0. The van der Waals surface area contributed by atoms with Crippen molar-refractivity contribution >= 4 is 5.82 Å². The molecule has 0 bridgehead atoms. The van der Waals surface area contributed by atoms with Crippen LogP contribution in [0.2, 0.25) is 0 Å². The Bertz CT molecular complexity index is 286. The molecule has 66 valence electrons. The van der Waals surface area contributed by atoms with Crippen molar-refractivity contribution in [1.82, 2.24) is 9.97 Å². The molecule has 0 amide bonds. The van der Waals surface area contributed by atoms with Gasteiger partial charge in [-0.1, -0.05) is 20.8 Å². The highest BCUT2D eigenvalue weighted by atomic mass is 15.0. The molecular formula is C9H15N3. The van der Waals surface area contributed by atoms with E-state index in [0.29, 0.717) is 5.82 Å². The third kappa shape index (κ3) is 1.72. The van der Waals surface area contributed by atoms with Gasteiger partial charge in [-0.25, -0.2) is 9.97 Å². The van der Waals surface area contributed by atoms with Gasteiger partial charge in [0.05, 0.1) is 0 Å². The Kier molecular flexibility index (Phi) is 2.04. The fourth-order valence-electron chi connectivity index (χ4n) is 0.817. The maximum Gasteiger partial charge on any atom is 0.135 e. The maximum absolute atomic E-state index is 5.67. The summed E-state index contributed by atoms with van der Waals surface area (Å²) in [6.45, 7) is 8.10. The van der Waals surface area contributed by atoms with Gasteiger partial charge in [0, 0.05) is 17.2 Å². The summed E-state index contributed by atoms with van der Waals surface area (Å²) >= 11 is 0. The van der Waals surface area contributed by atoms with Crippen LogP contribution < -0.4 is 5.73 Å². The first-order valence-electron chi connectivity index (χ1n) is 4.01. The molecule has 1 aromatic rings. The van der Waals surface area contributed by atoms with Gasteiger partial charge >= 0.3 is 0 Å². The van der Waals surface area contributed by atoms with E-state index in [1.165, 1.54) is 0 Å². The van der Waals surface area contributed by atoms with Crippen molar-refractivity contribution in [3.8, 4) is 0 Å². The zero-order chi connectivity index (χ0) is 9.35. The van der Waals surface area contributed by atoms with Crippen molar-refractivity contribution in [1.29, 1.82) is 0 Å². The Morgan fingerprint density at radius 1 is 1.33 bits per heavy atom. The first-order valence-corrected chi connectivity index (χ1v) is 4.01. The van der Waals surface area contributed by atoms with Crippen LogP contribution in [-0.4, -0.2) is 9.97 Å². The van der Waals surface area contributed by atoms with Gasteiger partial charge in [0.15, 0.2) is 0 Å². The summed E-state index contributed by atoms with van der Waals surface area (Å²) in [6.07, 6.45) is 1.77.